The molecule has 1 amide bonds. The van der Waals surface area contributed by atoms with Gasteiger partial charge in [0.25, 0.3) is 0 Å². The lowest BCUT2D eigenvalue weighted by Gasteiger charge is -2.21. The van der Waals surface area contributed by atoms with Crippen molar-refractivity contribution < 1.29 is 4.79 Å². The first-order valence-electron chi connectivity index (χ1n) is 11.0. The molecule has 1 saturated carbocycles. The third kappa shape index (κ3) is 4.07. The smallest absolute Gasteiger partial charge is 0.227 e. The van der Waals surface area contributed by atoms with Gasteiger partial charge in [-0.15, -0.1) is 0 Å². The molecule has 4 rings (SSSR count). The van der Waals surface area contributed by atoms with Crippen LogP contribution in [-0.2, 0) is 11.3 Å². The lowest BCUT2D eigenvalue weighted by Crippen LogP contribution is -2.25. The van der Waals surface area contributed by atoms with Crippen molar-refractivity contribution in [3.8, 4) is 0 Å². The van der Waals surface area contributed by atoms with Crippen molar-refractivity contribution in [3.63, 3.8) is 0 Å². The monoisotopic (exact) mass is 404 g/mol. The Balaban J connectivity index is 1.64. The molecule has 2 heterocycles. The maximum absolute atomic E-state index is 12.8. The predicted octanol–water partition coefficient (Wildman–Crippen LogP) is 5.70. The molecule has 1 aromatic carbocycles. The molecule has 0 unspecified atom stereocenters. The number of hydrogen-bond acceptors (Lipinski definition) is 3. The van der Waals surface area contributed by atoms with Gasteiger partial charge in [-0.25, -0.2) is 4.98 Å². The van der Waals surface area contributed by atoms with Gasteiger partial charge in [0, 0.05) is 24.4 Å². The van der Waals surface area contributed by atoms with Gasteiger partial charge in [-0.2, -0.15) is 0 Å². The summed E-state index contributed by atoms with van der Waals surface area (Å²) in [6.07, 6.45) is 7.54. The second kappa shape index (κ2) is 8.50. The van der Waals surface area contributed by atoms with E-state index in [2.05, 4.69) is 54.0 Å². The molecule has 1 aliphatic rings. The summed E-state index contributed by atoms with van der Waals surface area (Å²) in [4.78, 5) is 17.6. The molecule has 3 aromatic rings. The Morgan fingerprint density at radius 3 is 2.50 bits per heavy atom. The van der Waals surface area contributed by atoms with Gasteiger partial charge >= 0.3 is 0 Å². The molecule has 1 aliphatic carbocycles. The van der Waals surface area contributed by atoms with Crippen LogP contribution >= 0.6 is 0 Å². The SMILES string of the molecule is Cc1cccc(C)c1CNc1cc(NC(=O)C2CCCCC2)cn2c(C)c(C)nc12. The second-order valence-electron chi connectivity index (χ2n) is 8.67. The molecule has 0 aliphatic heterocycles. The van der Waals surface area contributed by atoms with E-state index in [1.165, 1.54) is 23.1 Å². The number of benzene rings is 1. The summed E-state index contributed by atoms with van der Waals surface area (Å²) in [6.45, 7) is 9.10. The maximum atomic E-state index is 12.8. The van der Waals surface area contributed by atoms with E-state index in [9.17, 15) is 4.79 Å². The number of carbonyl (C=O) groups excluding carboxylic acids is 1. The molecular weight excluding hydrogens is 372 g/mol. The van der Waals surface area contributed by atoms with Gasteiger partial charge in [0.2, 0.25) is 5.91 Å². The molecule has 2 aromatic heterocycles. The van der Waals surface area contributed by atoms with Gasteiger partial charge < -0.3 is 15.0 Å². The average molecular weight is 405 g/mol. The van der Waals surface area contributed by atoms with Crippen LogP contribution in [0.5, 0.6) is 0 Å². The standard InChI is InChI=1S/C25H32N4O/c1-16-9-8-10-17(2)22(16)14-26-23-13-21(15-29-19(4)18(3)27-24(23)29)28-25(30)20-11-6-5-7-12-20/h8-10,13,15,20,26H,5-7,11-12,14H2,1-4H3,(H,28,30). The summed E-state index contributed by atoms with van der Waals surface area (Å²) in [5.41, 5.74) is 8.60. The molecule has 158 valence electrons. The van der Waals surface area contributed by atoms with E-state index in [0.29, 0.717) is 0 Å². The average Bonchev–Trinajstić information content (AvgIpc) is 3.02. The molecule has 30 heavy (non-hydrogen) atoms. The van der Waals surface area contributed by atoms with Crippen LogP contribution in [0.2, 0.25) is 0 Å². The molecule has 0 atom stereocenters. The van der Waals surface area contributed by atoms with E-state index in [0.717, 1.165) is 60.6 Å². The Bertz CT molecular complexity index is 1060. The third-order valence-corrected chi connectivity index (χ3v) is 6.54. The lowest BCUT2D eigenvalue weighted by molar-refractivity contribution is -0.120. The maximum Gasteiger partial charge on any atom is 0.227 e. The normalized spacial score (nSPS) is 14.8. The fourth-order valence-corrected chi connectivity index (χ4v) is 4.49. The van der Waals surface area contributed by atoms with E-state index in [4.69, 9.17) is 4.98 Å². The van der Waals surface area contributed by atoms with Crippen LogP contribution in [0.4, 0.5) is 11.4 Å². The van der Waals surface area contributed by atoms with Crippen LogP contribution in [0.25, 0.3) is 5.65 Å². The number of aryl methyl sites for hydroxylation is 4. The topological polar surface area (TPSA) is 58.4 Å². The number of hydrogen-bond donors (Lipinski definition) is 2. The minimum Gasteiger partial charge on any atom is -0.378 e. The molecule has 5 nitrogen and oxygen atoms in total. The summed E-state index contributed by atoms with van der Waals surface area (Å²) < 4.78 is 2.08. The predicted molar refractivity (Wildman–Crippen MR) is 123 cm³/mol. The summed E-state index contributed by atoms with van der Waals surface area (Å²) in [5.74, 6) is 0.273. The third-order valence-electron chi connectivity index (χ3n) is 6.54. The Hall–Kier alpha value is -2.82. The zero-order chi connectivity index (χ0) is 21.3. The number of carbonyl (C=O) groups is 1. The molecule has 0 saturated heterocycles. The quantitative estimate of drug-likeness (QED) is 0.573. The zero-order valence-electron chi connectivity index (χ0n) is 18.5. The van der Waals surface area contributed by atoms with E-state index >= 15 is 0 Å². The van der Waals surface area contributed by atoms with Crippen molar-refractivity contribution in [2.45, 2.75) is 66.3 Å². The Morgan fingerprint density at radius 2 is 1.80 bits per heavy atom. The molecule has 0 bridgehead atoms. The van der Waals surface area contributed by atoms with Gasteiger partial charge in [-0.05, 0) is 63.3 Å². The van der Waals surface area contributed by atoms with Crippen molar-refractivity contribution in [1.29, 1.82) is 0 Å². The number of fused-ring (bicyclic) bond motifs is 1. The lowest BCUT2D eigenvalue weighted by atomic mass is 9.88. The highest BCUT2D eigenvalue weighted by Gasteiger charge is 2.22. The fraction of sp³-hybridized carbons (Fsp3) is 0.440. The number of anilines is 2. The van der Waals surface area contributed by atoms with Gasteiger partial charge in [-0.3, -0.25) is 4.79 Å². The summed E-state index contributed by atoms with van der Waals surface area (Å²) in [6, 6.07) is 8.40. The largest absolute Gasteiger partial charge is 0.378 e. The molecule has 0 spiro atoms. The van der Waals surface area contributed by atoms with Crippen LogP contribution in [0.1, 0.15) is 60.2 Å². The van der Waals surface area contributed by atoms with E-state index in [1.54, 1.807) is 0 Å². The Labute approximate surface area is 178 Å². The number of amides is 1. The second-order valence-corrected chi connectivity index (χ2v) is 8.67. The minimum absolute atomic E-state index is 0.131. The number of aromatic nitrogens is 2. The van der Waals surface area contributed by atoms with Crippen LogP contribution in [0, 0.1) is 33.6 Å². The van der Waals surface area contributed by atoms with Gasteiger partial charge in [0.15, 0.2) is 5.65 Å². The van der Waals surface area contributed by atoms with Gasteiger partial charge in [-0.1, -0.05) is 37.5 Å². The summed E-state index contributed by atoms with van der Waals surface area (Å²) in [7, 11) is 0. The molecule has 5 heteroatoms. The summed E-state index contributed by atoms with van der Waals surface area (Å²) >= 11 is 0. The minimum atomic E-state index is 0.131. The Kier molecular flexibility index (Phi) is 5.80. The number of nitrogens with one attached hydrogen (secondary N) is 2. The van der Waals surface area contributed by atoms with Gasteiger partial charge in [0.05, 0.1) is 17.1 Å². The first-order chi connectivity index (χ1) is 14.4. The van der Waals surface area contributed by atoms with Crippen molar-refractivity contribution in [2.75, 3.05) is 10.6 Å². The summed E-state index contributed by atoms with van der Waals surface area (Å²) in [5, 5.41) is 6.76. The van der Waals surface area contributed by atoms with Crippen LogP contribution in [0.3, 0.4) is 0 Å². The van der Waals surface area contributed by atoms with Crippen molar-refractivity contribution >= 4 is 22.9 Å². The highest BCUT2D eigenvalue weighted by Crippen LogP contribution is 2.28. The fourth-order valence-electron chi connectivity index (χ4n) is 4.49. The molecule has 1 fully saturated rings. The molecular formula is C25H32N4O. The molecule has 2 N–H and O–H groups in total. The number of imidazole rings is 1. The van der Waals surface area contributed by atoms with E-state index in [1.807, 2.05) is 19.2 Å². The van der Waals surface area contributed by atoms with Crippen LogP contribution < -0.4 is 10.6 Å². The first-order valence-corrected chi connectivity index (χ1v) is 11.0. The number of pyridine rings is 1. The van der Waals surface area contributed by atoms with E-state index in [-0.39, 0.29) is 11.8 Å². The van der Waals surface area contributed by atoms with Gasteiger partial charge in [0.1, 0.15) is 0 Å². The van der Waals surface area contributed by atoms with Crippen molar-refractivity contribution in [3.05, 3.63) is 58.5 Å². The first kappa shape index (κ1) is 20.5. The number of rotatable bonds is 5. The highest BCUT2D eigenvalue weighted by atomic mass is 16.1. The van der Waals surface area contributed by atoms with Crippen LogP contribution in [-0.4, -0.2) is 15.3 Å². The van der Waals surface area contributed by atoms with E-state index < -0.39 is 0 Å². The highest BCUT2D eigenvalue weighted by molar-refractivity contribution is 5.93. The Morgan fingerprint density at radius 1 is 1.10 bits per heavy atom. The molecule has 0 radical (unpaired) electrons. The van der Waals surface area contributed by atoms with Crippen molar-refractivity contribution in [1.82, 2.24) is 9.38 Å². The van der Waals surface area contributed by atoms with Crippen LogP contribution in [0.15, 0.2) is 30.5 Å². The van der Waals surface area contributed by atoms with Crippen molar-refractivity contribution in [2.24, 2.45) is 5.92 Å². The number of nitrogens with zero attached hydrogens (tertiary/aromatic N) is 2. The zero-order valence-corrected chi connectivity index (χ0v) is 18.5.